The number of carbonyl (C=O) groups excluding carboxylic acids is 1. The monoisotopic (exact) mass is 240 g/mol. The number of hydrogen-bond acceptors (Lipinski definition) is 2. The summed E-state index contributed by atoms with van der Waals surface area (Å²) in [6, 6.07) is 0. The lowest BCUT2D eigenvalue weighted by molar-refractivity contribution is -0.130. The minimum atomic E-state index is -0.238. The van der Waals surface area contributed by atoms with Gasteiger partial charge in [-0.1, -0.05) is 39.5 Å². The summed E-state index contributed by atoms with van der Waals surface area (Å²) in [5.41, 5.74) is 5.54. The number of rotatable bonds is 7. The van der Waals surface area contributed by atoms with Gasteiger partial charge >= 0.3 is 0 Å². The molecule has 0 aromatic rings. The first kappa shape index (κ1) is 14.5. The van der Waals surface area contributed by atoms with Crippen LogP contribution in [-0.4, -0.2) is 19.0 Å². The van der Waals surface area contributed by atoms with Gasteiger partial charge in [0, 0.05) is 13.1 Å². The van der Waals surface area contributed by atoms with Crippen molar-refractivity contribution < 1.29 is 4.79 Å². The standard InChI is InChI=1S/C14H28N2O/c1-12(2)7-3-6-10-16-13(17)14(11-15)8-4-5-9-14/h12H,3-11,15H2,1-2H3,(H,16,17). The molecular weight excluding hydrogens is 212 g/mol. The van der Waals surface area contributed by atoms with Crippen molar-refractivity contribution in [3.63, 3.8) is 0 Å². The Bertz CT molecular complexity index is 232. The van der Waals surface area contributed by atoms with Crippen LogP contribution in [0.4, 0.5) is 0 Å². The first-order valence-electron chi connectivity index (χ1n) is 7.09. The molecule has 0 saturated heterocycles. The molecule has 3 nitrogen and oxygen atoms in total. The Labute approximate surface area is 106 Å². The fraction of sp³-hybridized carbons (Fsp3) is 0.929. The molecule has 3 heteroatoms. The van der Waals surface area contributed by atoms with Crippen LogP contribution in [0.3, 0.4) is 0 Å². The Kier molecular flexibility index (Phi) is 5.96. The quantitative estimate of drug-likeness (QED) is 0.672. The Morgan fingerprint density at radius 2 is 1.94 bits per heavy atom. The molecule has 3 N–H and O–H groups in total. The van der Waals surface area contributed by atoms with Gasteiger partial charge in [-0.25, -0.2) is 0 Å². The van der Waals surface area contributed by atoms with Gasteiger partial charge in [0.1, 0.15) is 0 Å². The van der Waals surface area contributed by atoms with Crippen molar-refractivity contribution in [1.29, 1.82) is 0 Å². The lowest BCUT2D eigenvalue weighted by Crippen LogP contribution is -2.44. The van der Waals surface area contributed by atoms with E-state index in [1.807, 2.05) is 0 Å². The van der Waals surface area contributed by atoms with Gasteiger partial charge in [-0.3, -0.25) is 4.79 Å². The van der Waals surface area contributed by atoms with Crippen LogP contribution in [0.25, 0.3) is 0 Å². The Balaban J connectivity index is 2.20. The van der Waals surface area contributed by atoms with Gasteiger partial charge in [-0.15, -0.1) is 0 Å². The summed E-state index contributed by atoms with van der Waals surface area (Å²) in [4.78, 5) is 12.1. The van der Waals surface area contributed by atoms with Gasteiger partial charge < -0.3 is 11.1 Å². The maximum atomic E-state index is 12.1. The predicted molar refractivity (Wildman–Crippen MR) is 71.7 cm³/mol. The van der Waals surface area contributed by atoms with Gasteiger partial charge in [0.2, 0.25) is 5.91 Å². The number of carbonyl (C=O) groups is 1. The summed E-state index contributed by atoms with van der Waals surface area (Å²) < 4.78 is 0. The highest BCUT2D eigenvalue weighted by atomic mass is 16.2. The van der Waals surface area contributed by atoms with E-state index >= 15 is 0 Å². The average Bonchev–Trinajstić information content (AvgIpc) is 2.77. The molecule has 1 saturated carbocycles. The number of amides is 1. The summed E-state index contributed by atoms with van der Waals surface area (Å²) in [6.07, 6.45) is 7.79. The SMILES string of the molecule is CC(C)CCCCNC(=O)C1(CN)CCCC1. The summed E-state index contributed by atoms with van der Waals surface area (Å²) in [5, 5.41) is 3.07. The van der Waals surface area contributed by atoms with Crippen LogP contribution in [0.5, 0.6) is 0 Å². The highest BCUT2D eigenvalue weighted by Crippen LogP contribution is 2.37. The highest BCUT2D eigenvalue weighted by molar-refractivity contribution is 5.83. The first-order chi connectivity index (χ1) is 8.10. The first-order valence-corrected chi connectivity index (χ1v) is 7.09. The third kappa shape index (κ3) is 4.30. The van der Waals surface area contributed by atoms with Gasteiger partial charge in [-0.2, -0.15) is 0 Å². The zero-order valence-electron chi connectivity index (χ0n) is 11.4. The smallest absolute Gasteiger partial charge is 0.227 e. The molecule has 0 radical (unpaired) electrons. The molecule has 0 bridgehead atoms. The third-order valence-corrected chi connectivity index (χ3v) is 3.93. The average molecular weight is 240 g/mol. The Hall–Kier alpha value is -0.570. The van der Waals surface area contributed by atoms with E-state index in [9.17, 15) is 4.79 Å². The lowest BCUT2D eigenvalue weighted by atomic mass is 9.85. The predicted octanol–water partition coefficient (Wildman–Crippen LogP) is 2.45. The van der Waals surface area contributed by atoms with Crippen molar-refractivity contribution in [3.05, 3.63) is 0 Å². The van der Waals surface area contributed by atoms with E-state index < -0.39 is 0 Å². The Morgan fingerprint density at radius 1 is 1.29 bits per heavy atom. The molecule has 0 aromatic heterocycles. The zero-order chi connectivity index (χ0) is 12.7. The van der Waals surface area contributed by atoms with Crippen LogP contribution in [-0.2, 0) is 4.79 Å². The van der Waals surface area contributed by atoms with Crippen LogP contribution >= 0.6 is 0 Å². The van der Waals surface area contributed by atoms with Gasteiger partial charge in [-0.05, 0) is 25.2 Å². The van der Waals surface area contributed by atoms with Crippen LogP contribution in [0.1, 0.15) is 58.8 Å². The van der Waals surface area contributed by atoms with Gasteiger partial charge in [0.05, 0.1) is 5.41 Å². The van der Waals surface area contributed by atoms with E-state index in [0.717, 1.165) is 44.6 Å². The third-order valence-electron chi connectivity index (χ3n) is 3.93. The molecule has 0 aliphatic heterocycles. The van der Waals surface area contributed by atoms with Crippen LogP contribution in [0, 0.1) is 11.3 Å². The summed E-state index contributed by atoms with van der Waals surface area (Å²) in [5.74, 6) is 0.956. The van der Waals surface area contributed by atoms with Crippen LogP contribution < -0.4 is 11.1 Å². The van der Waals surface area contributed by atoms with E-state index in [1.54, 1.807) is 0 Å². The van der Waals surface area contributed by atoms with Crippen LogP contribution in [0.2, 0.25) is 0 Å². The molecule has 0 unspecified atom stereocenters. The summed E-state index contributed by atoms with van der Waals surface area (Å²) in [7, 11) is 0. The van der Waals surface area contributed by atoms with E-state index in [2.05, 4.69) is 19.2 Å². The molecule has 0 spiro atoms. The Morgan fingerprint density at radius 3 is 2.47 bits per heavy atom. The second kappa shape index (κ2) is 7.00. The highest BCUT2D eigenvalue weighted by Gasteiger charge is 2.39. The molecule has 1 fully saturated rings. The molecule has 0 aromatic carbocycles. The van der Waals surface area contributed by atoms with Crippen molar-refractivity contribution in [2.75, 3.05) is 13.1 Å². The van der Waals surface area contributed by atoms with Crippen molar-refractivity contribution >= 4 is 5.91 Å². The topological polar surface area (TPSA) is 55.1 Å². The van der Waals surface area contributed by atoms with E-state index in [-0.39, 0.29) is 11.3 Å². The molecule has 1 aliphatic carbocycles. The molecular formula is C14H28N2O. The lowest BCUT2D eigenvalue weighted by Gasteiger charge is -2.25. The summed E-state index contributed by atoms with van der Waals surface area (Å²) in [6.45, 7) is 5.79. The van der Waals surface area contributed by atoms with Gasteiger partial charge in [0.15, 0.2) is 0 Å². The van der Waals surface area contributed by atoms with Crippen molar-refractivity contribution in [3.8, 4) is 0 Å². The second-order valence-electron chi connectivity index (χ2n) is 5.84. The van der Waals surface area contributed by atoms with Crippen molar-refractivity contribution in [2.24, 2.45) is 17.1 Å². The maximum absolute atomic E-state index is 12.1. The minimum absolute atomic E-state index is 0.196. The molecule has 1 aliphatic rings. The largest absolute Gasteiger partial charge is 0.356 e. The number of nitrogens with one attached hydrogen (secondary N) is 1. The molecule has 17 heavy (non-hydrogen) atoms. The molecule has 100 valence electrons. The van der Waals surface area contributed by atoms with Crippen molar-refractivity contribution in [2.45, 2.75) is 58.8 Å². The number of nitrogens with two attached hydrogens (primary N) is 1. The zero-order valence-corrected chi connectivity index (χ0v) is 11.4. The van der Waals surface area contributed by atoms with Gasteiger partial charge in [0.25, 0.3) is 0 Å². The second-order valence-corrected chi connectivity index (χ2v) is 5.84. The minimum Gasteiger partial charge on any atom is -0.356 e. The molecule has 0 atom stereocenters. The molecule has 1 rings (SSSR count). The summed E-state index contributed by atoms with van der Waals surface area (Å²) >= 11 is 0. The number of hydrogen-bond donors (Lipinski definition) is 2. The molecule has 0 heterocycles. The van der Waals surface area contributed by atoms with Crippen molar-refractivity contribution in [1.82, 2.24) is 5.32 Å². The fourth-order valence-corrected chi connectivity index (χ4v) is 2.64. The van der Waals surface area contributed by atoms with E-state index in [0.29, 0.717) is 6.54 Å². The normalized spacial score (nSPS) is 18.6. The molecule has 1 amide bonds. The van der Waals surface area contributed by atoms with E-state index in [4.69, 9.17) is 5.73 Å². The maximum Gasteiger partial charge on any atom is 0.227 e. The van der Waals surface area contributed by atoms with Crippen LogP contribution in [0.15, 0.2) is 0 Å². The van der Waals surface area contributed by atoms with E-state index in [1.165, 1.54) is 12.8 Å². The number of unbranched alkanes of at least 4 members (excludes halogenated alkanes) is 1. The fourth-order valence-electron chi connectivity index (χ4n) is 2.64.